The van der Waals surface area contributed by atoms with Crippen LogP contribution in [0.2, 0.25) is 0 Å². The number of ether oxygens (including phenoxy) is 1. The van der Waals surface area contributed by atoms with Gasteiger partial charge >= 0.3 is 5.97 Å². The molecule has 0 aliphatic rings. The lowest BCUT2D eigenvalue weighted by atomic mass is 10.1. The summed E-state index contributed by atoms with van der Waals surface area (Å²) in [6.45, 7) is 3.53. The summed E-state index contributed by atoms with van der Waals surface area (Å²) in [6, 6.07) is 2.37. The van der Waals surface area contributed by atoms with E-state index in [1.54, 1.807) is 13.8 Å². The standard InChI is InChI=1S/C14H13BrF2O2/c1-3-19-13(18)6-4-5-9(2)14-11(16)7-10(15)8-12(14)17/h4-8H,3H2,1-2H3. The molecule has 0 bridgehead atoms. The van der Waals surface area contributed by atoms with Crippen LogP contribution in [0.4, 0.5) is 8.78 Å². The van der Waals surface area contributed by atoms with Crippen molar-refractivity contribution in [2.45, 2.75) is 13.8 Å². The maximum absolute atomic E-state index is 13.6. The topological polar surface area (TPSA) is 26.3 Å². The molecule has 19 heavy (non-hydrogen) atoms. The molecule has 0 fully saturated rings. The van der Waals surface area contributed by atoms with E-state index in [1.807, 2.05) is 0 Å². The molecule has 1 aromatic rings. The van der Waals surface area contributed by atoms with Gasteiger partial charge in [0.25, 0.3) is 0 Å². The van der Waals surface area contributed by atoms with Crippen molar-refractivity contribution in [3.63, 3.8) is 0 Å². The summed E-state index contributed by atoms with van der Waals surface area (Å²) in [5.41, 5.74) is 0.264. The van der Waals surface area contributed by atoms with Crippen LogP contribution >= 0.6 is 15.9 Å². The van der Waals surface area contributed by atoms with Crippen molar-refractivity contribution < 1.29 is 18.3 Å². The largest absolute Gasteiger partial charge is 0.463 e. The lowest BCUT2D eigenvalue weighted by Crippen LogP contribution is -1.98. The summed E-state index contributed by atoms with van der Waals surface area (Å²) in [5, 5.41) is 0. The van der Waals surface area contributed by atoms with E-state index in [0.717, 1.165) is 0 Å². The van der Waals surface area contributed by atoms with Crippen LogP contribution < -0.4 is 0 Å². The zero-order valence-electron chi connectivity index (χ0n) is 10.5. The SMILES string of the molecule is CCOC(=O)C=CC=C(C)c1c(F)cc(Br)cc1F. The Morgan fingerprint density at radius 2 is 1.95 bits per heavy atom. The highest BCUT2D eigenvalue weighted by Gasteiger charge is 2.11. The normalized spacial score (nSPS) is 11.9. The monoisotopic (exact) mass is 330 g/mol. The van der Waals surface area contributed by atoms with E-state index in [-0.39, 0.29) is 12.2 Å². The van der Waals surface area contributed by atoms with Gasteiger partial charge in [-0.15, -0.1) is 0 Å². The van der Waals surface area contributed by atoms with Gasteiger partial charge in [-0.25, -0.2) is 13.6 Å². The second-order valence-electron chi connectivity index (χ2n) is 3.71. The van der Waals surface area contributed by atoms with E-state index < -0.39 is 17.6 Å². The van der Waals surface area contributed by atoms with Gasteiger partial charge in [-0.3, -0.25) is 0 Å². The van der Waals surface area contributed by atoms with E-state index >= 15 is 0 Å². The van der Waals surface area contributed by atoms with Crippen molar-refractivity contribution in [3.8, 4) is 0 Å². The van der Waals surface area contributed by atoms with Crippen LogP contribution in [0.3, 0.4) is 0 Å². The Balaban J connectivity index is 2.95. The molecule has 0 unspecified atom stereocenters. The highest BCUT2D eigenvalue weighted by atomic mass is 79.9. The Morgan fingerprint density at radius 3 is 2.47 bits per heavy atom. The lowest BCUT2D eigenvalue weighted by Gasteiger charge is -2.05. The minimum absolute atomic E-state index is 0.114. The minimum Gasteiger partial charge on any atom is -0.463 e. The zero-order chi connectivity index (χ0) is 14.4. The first-order valence-corrected chi connectivity index (χ1v) is 6.41. The first-order valence-electron chi connectivity index (χ1n) is 5.62. The Kier molecular flexibility index (Phi) is 5.89. The zero-order valence-corrected chi connectivity index (χ0v) is 12.1. The third-order valence-electron chi connectivity index (χ3n) is 2.27. The van der Waals surface area contributed by atoms with Crippen molar-refractivity contribution in [2.24, 2.45) is 0 Å². The summed E-state index contributed by atoms with van der Waals surface area (Å²) in [6.07, 6.45) is 4.04. The van der Waals surface area contributed by atoms with Gasteiger partial charge in [0.15, 0.2) is 0 Å². The molecular weight excluding hydrogens is 318 g/mol. The molecule has 2 nitrogen and oxygen atoms in total. The third-order valence-corrected chi connectivity index (χ3v) is 2.72. The summed E-state index contributed by atoms with van der Waals surface area (Å²) >= 11 is 3.01. The van der Waals surface area contributed by atoms with E-state index in [2.05, 4.69) is 20.7 Å². The summed E-state index contributed by atoms with van der Waals surface area (Å²) in [5.74, 6) is -1.82. The number of rotatable bonds is 4. The van der Waals surface area contributed by atoms with E-state index in [1.165, 1.54) is 30.4 Å². The van der Waals surface area contributed by atoms with Crippen LogP contribution in [0.25, 0.3) is 5.57 Å². The van der Waals surface area contributed by atoms with E-state index in [4.69, 9.17) is 0 Å². The Hall–Kier alpha value is -1.49. The van der Waals surface area contributed by atoms with Gasteiger partial charge in [0.05, 0.1) is 6.61 Å². The van der Waals surface area contributed by atoms with E-state index in [0.29, 0.717) is 10.0 Å². The number of halogens is 3. The van der Waals surface area contributed by atoms with Gasteiger partial charge in [-0.2, -0.15) is 0 Å². The molecule has 1 rings (SSSR count). The average Bonchev–Trinajstić information content (AvgIpc) is 2.27. The number of esters is 1. The molecule has 0 atom stereocenters. The molecule has 0 heterocycles. The summed E-state index contributed by atoms with van der Waals surface area (Å²) in [7, 11) is 0. The van der Waals surface area contributed by atoms with E-state index in [9.17, 15) is 13.6 Å². The minimum atomic E-state index is -0.662. The summed E-state index contributed by atoms with van der Waals surface area (Å²) < 4.78 is 32.3. The second kappa shape index (κ2) is 7.19. The molecule has 0 spiro atoms. The van der Waals surface area contributed by atoms with Crippen molar-refractivity contribution in [1.82, 2.24) is 0 Å². The van der Waals surface area contributed by atoms with Gasteiger partial charge in [-0.05, 0) is 31.6 Å². The van der Waals surface area contributed by atoms with Gasteiger partial charge in [-0.1, -0.05) is 28.1 Å². The van der Waals surface area contributed by atoms with Crippen LogP contribution in [0.1, 0.15) is 19.4 Å². The van der Waals surface area contributed by atoms with Crippen LogP contribution in [-0.4, -0.2) is 12.6 Å². The fourth-order valence-corrected chi connectivity index (χ4v) is 1.87. The molecule has 0 aliphatic carbocycles. The van der Waals surface area contributed by atoms with Crippen LogP contribution in [-0.2, 0) is 9.53 Å². The maximum atomic E-state index is 13.6. The Labute approximate surface area is 118 Å². The Morgan fingerprint density at radius 1 is 1.37 bits per heavy atom. The van der Waals surface area contributed by atoms with Crippen molar-refractivity contribution in [2.75, 3.05) is 6.61 Å². The molecule has 102 valence electrons. The highest BCUT2D eigenvalue weighted by Crippen LogP contribution is 2.25. The number of carbonyl (C=O) groups is 1. The molecule has 0 aromatic heterocycles. The lowest BCUT2D eigenvalue weighted by molar-refractivity contribution is -0.137. The Bertz CT molecular complexity index is 513. The molecule has 0 saturated carbocycles. The molecule has 1 aromatic carbocycles. The fourth-order valence-electron chi connectivity index (χ4n) is 1.46. The van der Waals surface area contributed by atoms with Crippen molar-refractivity contribution in [1.29, 1.82) is 0 Å². The molecule has 0 amide bonds. The number of allylic oxidation sites excluding steroid dienone is 3. The van der Waals surface area contributed by atoms with Gasteiger partial charge < -0.3 is 4.74 Å². The first kappa shape index (κ1) is 15.6. The smallest absolute Gasteiger partial charge is 0.330 e. The maximum Gasteiger partial charge on any atom is 0.330 e. The number of hydrogen-bond donors (Lipinski definition) is 0. The molecule has 0 N–H and O–H groups in total. The van der Waals surface area contributed by atoms with Crippen molar-refractivity contribution in [3.05, 3.63) is 52.0 Å². The number of carbonyl (C=O) groups excluding carboxylic acids is 1. The molecule has 0 radical (unpaired) electrons. The summed E-state index contributed by atoms with van der Waals surface area (Å²) in [4.78, 5) is 11.0. The van der Waals surface area contributed by atoms with Crippen LogP contribution in [0.5, 0.6) is 0 Å². The predicted octanol–water partition coefficient (Wildman–Crippen LogP) is 4.25. The van der Waals surface area contributed by atoms with Gasteiger partial charge in [0.1, 0.15) is 11.6 Å². The van der Waals surface area contributed by atoms with Crippen molar-refractivity contribution >= 4 is 27.5 Å². The average molecular weight is 331 g/mol. The van der Waals surface area contributed by atoms with Crippen LogP contribution in [0, 0.1) is 11.6 Å². The quantitative estimate of drug-likeness (QED) is 0.468. The van der Waals surface area contributed by atoms with Crippen LogP contribution in [0.15, 0.2) is 34.8 Å². The molecule has 0 aliphatic heterocycles. The predicted molar refractivity (Wildman–Crippen MR) is 73.5 cm³/mol. The molecule has 0 saturated heterocycles. The van der Waals surface area contributed by atoms with Gasteiger partial charge in [0, 0.05) is 16.1 Å². The number of benzene rings is 1. The first-order chi connectivity index (χ1) is 8.95. The number of hydrogen-bond acceptors (Lipinski definition) is 2. The molecular formula is C14H13BrF2O2. The fraction of sp³-hybridized carbons (Fsp3) is 0.214. The third kappa shape index (κ3) is 4.59. The molecule has 5 heteroatoms. The highest BCUT2D eigenvalue weighted by molar-refractivity contribution is 9.10. The van der Waals surface area contributed by atoms with Gasteiger partial charge in [0.2, 0.25) is 0 Å². The second-order valence-corrected chi connectivity index (χ2v) is 4.62.